The average molecular weight is 455 g/mol. The Hall–Kier alpha value is -2.74. The third-order valence-electron chi connectivity index (χ3n) is 5.07. The van der Waals surface area contributed by atoms with E-state index in [0.29, 0.717) is 30.6 Å². The molecule has 0 saturated carbocycles. The quantitative estimate of drug-likeness (QED) is 0.636. The van der Waals surface area contributed by atoms with Crippen molar-refractivity contribution in [2.24, 2.45) is 0 Å². The van der Waals surface area contributed by atoms with Crippen molar-refractivity contribution in [2.45, 2.75) is 45.0 Å². The SMILES string of the molecule is CCC(=O)N1CCCCC1C(=O)Nc1ccc(-c2ccccc2OC(F)(F)F)c(Cl)c1. The average Bonchev–Trinajstić information content (AvgIpc) is 2.73. The summed E-state index contributed by atoms with van der Waals surface area (Å²) in [6, 6.07) is 9.67. The topological polar surface area (TPSA) is 58.6 Å². The van der Waals surface area contributed by atoms with Gasteiger partial charge in [-0.05, 0) is 37.5 Å². The molecule has 0 bridgehead atoms. The maximum atomic E-state index is 12.8. The molecule has 5 nitrogen and oxygen atoms in total. The van der Waals surface area contributed by atoms with Crippen LogP contribution in [0.1, 0.15) is 32.6 Å². The molecule has 1 saturated heterocycles. The van der Waals surface area contributed by atoms with Gasteiger partial charge in [0.2, 0.25) is 11.8 Å². The predicted molar refractivity (Wildman–Crippen MR) is 112 cm³/mol. The van der Waals surface area contributed by atoms with Gasteiger partial charge in [0.15, 0.2) is 0 Å². The molecule has 1 N–H and O–H groups in total. The van der Waals surface area contributed by atoms with Gasteiger partial charge in [-0.15, -0.1) is 13.2 Å². The molecular formula is C22H22ClF3N2O3. The maximum Gasteiger partial charge on any atom is 0.573 e. The molecule has 1 unspecified atom stereocenters. The van der Waals surface area contributed by atoms with Crippen LogP contribution in [0.15, 0.2) is 42.5 Å². The lowest BCUT2D eigenvalue weighted by Gasteiger charge is -2.34. The molecule has 1 aliphatic rings. The van der Waals surface area contributed by atoms with E-state index in [1.165, 1.54) is 30.3 Å². The van der Waals surface area contributed by atoms with Gasteiger partial charge < -0.3 is 15.0 Å². The van der Waals surface area contributed by atoms with Gasteiger partial charge in [0, 0.05) is 29.8 Å². The van der Waals surface area contributed by atoms with Gasteiger partial charge in [-0.25, -0.2) is 0 Å². The Labute approximate surface area is 183 Å². The summed E-state index contributed by atoms with van der Waals surface area (Å²) in [6.07, 6.45) is -2.23. The minimum atomic E-state index is -4.84. The van der Waals surface area contributed by atoms with Crippen molar-refractivity contribution in [3.05, 3.63) is 47.5 Å². The lowest BCUT2D eigenvalue weighted by atomic mass is 10.0. The maximum absolute atomic E-state index is 12.8. The first-order chi connectivity index (χ1) is 14.7. The smallest absolute Gasteiger partial charge is 0.405 e. The van der Waals surface area contributed by atoms with Gasteiger partial charge in [0.1, 0.15) is 11.8 Å². The lowest BCUT2D eigenvalue weighted by molar-refractivity contribution is -0.274. The number of rotatable bonds is 5. The lowest BCUT2D eigenvalue weighted by Crippen LogP contribution is -2.49. The molecule has 0 radical (unpaired) electrons. The van der Waals surface area contributed by atoms with Gasteiger partial charge in [0.05, 0.1) is 5.02 Å². The van der Waals surface area contributed by atoms with Crippen LogP contribution in [0, 0.1) is 0 Å². The Morgan fingerprint density at radius 2 is 1.90 bits per heavy atom. The van der Waals surface area contributed by atoms with E-state index in [-0.39, 0.29) is 28.1 Å². The fourth-order valence-corrected chi connectivity index (χ4v) is 3.93. The van der Waals surface area contributed by atoms with Crippen LogP contribution < -0.4 is 10.1 Å². The number of likely N-dealkylation sites (tertiary alicyclic amines) is 1. The van der Waals surface area contributed by atoms with E-state index in [1.54, 1.807) is 24.0 Å². The third kappa shape index (κ3) is 5.70. The predicted octanol–water partition coefficient (Wildman–Crippen LogP) is 5.64. The Balaban J connectivity index is 1.80. The van der Waals surface area contributed by atoms with Gasteiger partial charge in [-0.3, -0.25) is 9.59 Å². The Morgan fingerprint density at radius 1 is 1.16 bits per heavy atom. The molecule has 3 rings (SSSR count). The molecule has 166 valence electrons. The van der Waals surface area contributed by atoms with Crippen LogP contribution in [0.4, 0.5) is 18.9 Å². The number of nitrogens with one attached hydrogen (secondary N) is 1. The number of benzene rings is 2. The monoisotopic (exact) mass is 454 g/mol. The fraction of sp³-hybridized carbons (Fsp3) is 0.364. The van der Waals surface area contributed by atoms with Crippen molar-refractivity contribution in [3.8, 4) is 16.9 Å². The number of halogens is 4. The van der Waals surface area contributed by atoms with E-state index in [9.17, 15) is 22.8 Å². The van der Waals surface area contributed by atoms with Crippen LogP contribution >= 0.6 is 11.6 Å². The summed E-state index contributed by atoms with van der Waals surface area (Å²) >= 11 is 6.33. The molecule has 0 aromatic heterocycles. The first kappa shape index (κ1) is 22.9. The van der Waals surface area contributed by atoms with Crippen LogP contribution in [-0.2, 0) is 9.59 Å². The molecule has 0 spiro atoms. The number of hydrogen-bond donors (Lipinski definition) is 1. The fourth-order valence-electron chi connectivity index (χ4n) is 3.65. The molecule has 9 heteroatoms. The molecule has 1 aliphatic heterocycles. The summed E-state index contributed by atoms with van der Waals surface area (Å²) in [5, 5.41) is 2.92. The highest BCUT2D eigenvalue weighted by Crippen LogP contribution is 2.38. The largest absolute Gasteiger partial charge is 0.573 e. The van der Waals surface area contributed by atoms with Gasteiger partial charge in [-0.1, -0.05) is 42.8 Å². The minimum Gasteiger partial charge on any atom is -0.405 e. The number of para-hydroxylation sites is 1. The second kappa shape index (κ2) is 9.60. The number of hydrogen-bond acceptors (Lipinski definition) is 3. The molecule has 31 heavy (non-hydrogen) atoms. The molecule has 1 fully saturated rings. The summed E-state index contributed by atoms with van der Waals surface area (Å²) in [5.41, 5.74) is 0.900. The molecule has 2 aromatic carbocycles. The van der Waals surface area contributed by atoms with Crippen LogP contribution in [0.5, 0.6) is 5.75 Å². The van der Waals surface area contributed by atoms with E-state index in [4.69, 9.17) is 11.6 Å². The summed E-state index contributed by atoms with van der Waals surface area (Å²) < 4.78 is 42.2. The number of alkyl halides is 3. The molecule has 2 amide bonds. The van der Waals surface area contributed by atoms with Crippen molar-refractivity contribution in [3.63, 3.8) is 0 Å². The zero-order chi connectivity index (χ0) is 22.6. The standard InChI is InChI=1S/C22H22ClF3N2O3/c1-2-20(29)28-12-6-5-8-18(28)21(30)27-14-10-11-15(17(23)13-14)16-7-3-4-9-19(16)31-22(24,25)26/h3-4,7,9-11,13,18H,2,5-6,8,12H2,1H3,(H,27,30). The van der Waals surface area contributed by atoms with Crippen LogP contribution in [0.2, 0.25) is 5.02 Å². The number of carbonyl (C=O) groups excluding carboxylic acids is 2. The third-order valence-corrected chi connectivity index (χ3v) is 5.38. The van der Waals surface area contributed by atoms with Crippen molar-refractivity contribution in [1.29, 1.82) is 0 Å². The number of nitrogens with zero attached hydrogens (tertiary/aromatic N) is 1. The number of amides is 2. The summed E-state index contributed by atoms with van der Waals surface area (Å²) in [6.45, 7) is 2.30. The van der Waals surface area contributed by atoms with E-state index < -0.39 is 12.4 Å². The molecule has 1 atom stereocenters. The zero-order valence-electron chi connectivity index (χ0n) is 16.8. The van der Waals surface area contributed by atoms with Gasteiger partial charge >= 0.3 is 6.36 Å². The highest BCUT2D eigenvalue weighted by atomic mass is 35.5. The molecular weight excluding hydrogens is 433 g/mol. The number of carbonyl (C=O) groups is 2. The number of ether oxygens (including phenoxy) is 1. The zero-order valence-corrected chi connectivity index (χ0v) is 17.6. The van der Waals surface area contributed by atoms with E-state index in [1.807, 2.05) is 0 Å². The second-order valence-corrected chi connectivity index (χ2v) is 7.59. The number of anilines is 1. The van der Waals surface area contributed by atoms with Crippen molar-refractivity contribution >= 4 is 29.1 Å². The highest BCUT2D eigenvalue weighted by Gasteiger charge is 2.33. The molecule has 1 heterocycles. The van der Waals surface area contributed by atoms with Gasteiger partial charge in [0.25, 0.3) is 0 Å². The van der Waals surface area contributed by atoms with E-state index in [2.05, 4.69) is 10.1 Å². The summed E-state index contributed by atoms with van der Waals surface area (Å²) in [4.78, 5) is 26.5. The van der Waals surface area contributed by atoms with E-state index >= 15 is 0 Å². The van der Waals surface area contributed by atoms with Crippen molar-refractivity contribution < 1.29 is 27.5 Å². The molecule has 0 aliphatic carbocycles. The van der Waals surface area contributed by atoms with Crippen LogP contribution in [0.3, 0.4) is 0 Å². The highest BCUT2D eigenvalue weighted by molar-refractivity contribution is 6.33. The van der Waals surface area contributed by atoms with Crippen LogP contribution in [-0.4, -0.2) is 35.7 Å². The van der Waals surface area contributed by atoms with Gasteiger partial charge in [-0.2, -0.15) is 0 Å². The van der Waals surface area contributed by atoms with Crippen LogP contribution in [0.25, 0.3) is 11.1 Å². The van der Waals surface area contributed by atoms with Crippen molar-refractivity contribution in [2.75, 3.05) is 11.9 Å². The Morgan fingerprint density at radius 3 is 2.58 bits per heavy atom. The summed E-state index contributed by atoms with van der Waals surface area (Å²) in [7, 11) is 0. The first-order valence-electron chi connectivity index (χ1n) is 9.94. The normalized spacial score (nSPS) is 16.7. The Bertz CT molecular complexity index is 965. The molecule has 2 aromatic rings. The minimum absolute atomic E-state index is 0.0745. The Kier molecular flexibility index (Phi) is 7.10. The first-order valence-corrected chi connectivity index (χ1v) is 10.3. The summed E-state index contributed by atoms with van der Waals surface area (Å²) in [5.74, 6) is -0.759. The van der Waals surface area contributed by atoms with Crippen molar-refractivity contribution in [1.82, 2.24) is 4.90 Å². The number of piperidine rings is 1. The second-order valence-electron chi connectivity index (χ2n) is 7.18. The van der Waals surface area contributed by atoms with E-state index in [0.717, 1.165) is 12.8 Å².